The Morgan fingerprint density at radius 1 is 1.44 bits per heavy atom. The van der Waals surface area contributed by atoms with Gasteiger partial charge in [-0.1, -0.05) is 0 Å². The van der Waals surface area contributed by atoms with Crippen molar-refractivity contribution >= 4 is 30.3 Å². The molecule has 1 atom stereocenters. The Morgan fingerprint density at radius 3 is 2.56 bits per heavy atom. The average molecular weight is 270 g/mol. The number of aliphatic carboxylic acids is 1. The first-order valence-corrected chi connectivity index (χ1v) is 5.37. The van der Waals surface area contributed by atoms with E-state index in [2.05, 4.69) is 17.6 Å². The van der Waals surface area contributed by atoms with Crippen molar-refractivity contribution < 1.29 is 24.6 Å². The standard InChI is InChI=1S/C10H10N2O5S/c13-7(6-2-1-3-11-4-6)8(14)12-10(17,5-18)9(15)16/h1-4,17-18H,5H2,(H,12,14)(H,15,16). The molecule has 1 heterocycles. The first-order valence-electron chi connectivity index (χ1n) is 4.74. The molecule has 3 N–H and O–H groups in total. The number of carboxylic acid groups (broad SMARTS) is 1. The summed E-state index contributed by atoms with van der Waals surface area (Å²) >= 11 is 3.60. The van der Waals surface area contributed by atoms with Crippen LogP contribution in [-0.4, -0.2) is 44.3 Å². The van der Waals surface area contributed by atoms with Gasteiger partial charge in [-0.3, -0.25) is 14.6 Å². The minimum atomic E-state index is -2.59. The molecule has 1 aromatic rings. The van der Waals surface area contributed by atoms with Crippen LogP contribution >= 0.6 is 12.6 Å². The van der Waals surface area contributed by atoms with Gasteiger partial charge in [-0.2, -0.15) is 12.6 Å². The Morgan fingerprint density at radius 2 is 2.11 bits per heavy atom. The molecule has 0 radical (unpaired) electrons. The molecular formula is C10H10N2O5S. The zero-order valence-electron chi connectivity index (χ0n) is 9.03. The summed E-state index contributed by atoms with van der Waals surface area (Å²) in [6, 6.07) is 2.79. The third-order valence-electron chi connectivity index (χ3n) is 2.03. The highest BCUT2D eigenvalue weighted by atomic mass is 32.1. The zero-order chi connectivity index (χ0) is 13.8. The molecule has 0 spiro atoms. The van der Waals surface area contributed by atoms with Crippen molar-refractivity contribution in [2.24, 2.45) is 0 Å². The fourth-order valence-electron chi connectivity index (χ4n) is 1.03. The molecule has 1 aromatic heterocycles. The number of ketones is 1. The third-order valence-corrected chi connectivity index (χ3v) is 2.49. The molecule has 0 bridgehead atoms. The number of carbonyl (C=O) groups excluding carboxylic acids is 2. The van der Waals surface area contributed by atoms with Gasteiger partial charge in [0.1, 0.15) is 0 Å². The maximum atomic E-state index is 11.6. The van der Waals surface area contributed by atoms with Crippen LogP contribution in [0.25, 0.3) is 0 Å². The maximum absolute atomic E-state index is 11.6. The minimum absolute atomic E-state index is 0.0121. The van der Waals surface area contributed by atoms with Crippen molar-refractivity contribution in [1.29, 1.82) is 0 Å². The molecule has 18 heavy (non-hydrogen) atoms. The fraction of sp³-hybridized carbons (Fsp3) is 0.200. The van der Waals surface area contributed by atoms with Gasteiger partial charge < -0.3 is 15.5 Å². The lowest BCUT2D eigenvalue weighted by Gasteiger charge is -2.21. The molecule has 1 amide bonds. The first kappa shape index (κ1) is 14.1. The van der Waals surface area contributed by atoms with Crippen LogP contribution in [0.5, 0.6) is 0 Å². The molecular weight excluding hydrogens is 260 g/mol. The monoisotopic (exact) mass is 270 g/mol. The number of nitrogens with one attached hydrogen (secondary N) is 1. The number of rotatable bonds is 5. The SMILES string of the molecule is O=C(NC(O)(CS)C(=O)O)C(=O)c1cccnc1. The largest absolute Gasteiger partial charge is 0.478 e. The molecule has 1 unspecified atom stereocenters. The summed E-state index contributed by atoms with van der Waals surface area (Å²) in [6.07, 6.45) is 2.57. The van der Waals surface area contributed by atoms with Gasteiger partial charge in [-0.15, -0.1) is 0 Å². The fourth-order valence-corrected chi connectivity index (χ4v) is 1.25. The predicted octanol–water partition coefficient (Wildman–Crippen LogP) is -0.917. The van der Waals surface area contributed by atoms with Crippen LogP contribution in [0.15, 0.2) is 24.5 Å². The van der Waals surface area contributed by atoms with E-state index < -0.39 is 29.1 Å². The van der Waals surface area contributed by atoms with E-state index in [0.717, 1.165) is 6.20 Å². The average Bonchev–Trinajstić information content (AvgIpc) is 2.38. The van der Waals surface area contributed by atoms with Gasteiger partial charge in [0, 0.05) is 23.7 Å². The highest BCUT2D eigenvalue weighted by molar-refractivity contribution is 7.80. The number of carboxylic acids is 1. The lowest BCUT2D eigenvalue weighted by atomic mass is 10.1. The molecule has 0 aromatic carbocycles. The Hall–Kier alpha value is -1.93. The van der Waals surface area contributed by atoms with E-state index in [0.29, 0.717) is 0 Å². The number of thiol groups is 1. The quantitative estimate of drug-likeness (QED) is 0.238. The molecule has 0 aliphatic heterocycles. The van der Waals surface area contributed by atoms with Crippen molar-refractivity contribution in [3.63, 3.8) is 0 Å². The Bertz CT molecular complexity index is 478. The summed E-state index contributed by atoms with van der Waals surface area (Å²) in [6.45, 7) is 0. The molecule has 0 fully saturated rings. The van der Waals surface area contributed by atoms with Crippen LogP contribution < -0.4 is 5.32 Å². The highest BCUT2D eigenvalue weighted by Gasteiger charge is 2.38. The predicted molar refractivity (Wildman–Crippen MR) is 63.1 cm³/mol. The van der Waals surface area contributed by atoms with Crippen molar-refractivity contribution in [1.82, 2.24) is 10.3 Å². The number of pyridine rings is 1. The number of aromatic nitrogens is 1. The summed E-state index contributed by atoms with van der Waals surface area (Å²) in [7, 11) is 0. The Kier molecular flexibility index (Phi) is 4.40. The summed E-state index contributed by atoms with van der Waals surface area (Å²) < 4.78 is 0. The van der Waals surface area contributed by atoms with Crippen molar-refractivity contribution in [2.75, 3.05) is 5.75 Å². The number of nitrogens with zero attached hydrogens (tertiary/aromatic N) is 1. The zero-order valence-corrected chi connectivity index (χ0v) is 9.92. The van der Waals surface area contributed by atoms with E-state index >= 15 is 0 Å². The van der Waals surface area contributed by atoms with Crippen molar-refractivity contribution in [2.45, 2.75) is 5.72 Å². The third kappa shape index (κ3) is 3.05. The van der Waals surface area contributed by atoms with E-state index in [4.69, 9.17) is 5.11 Å². The number of aliphatic hydroxyl groups is 1. The molecule has 0 saturated carbocycles. The van der Waals surface area contributed by atoms with Crippen molar-refractivity contribution in [3.05, 3.63) is 30.1 Å². The highest BCUT2D eigenvalue weighted by Crippen LogP contribution is 2.05. The Balaban J connectivity index is 2.84. The normalized spacial score (nSPS) is 13.4. The van der Waals surface area contributed by atoms with Crippen LogP contribution in [0.1, 0.15) is 10.4 Å². The van der Waals surface area contributed by atoms with Crippen LogP contribution in [-0.2, 0) is 9.59 Å². The molecule has 0 saturated heterocycles. The first-order chi connectivity index (χ1) is 8.40. The number of amides is 1. The summed E-state index contributed by atoms with van der Waals surface area (Å²) in [5, 5.41) is 19.9. The number of hydrogen-bond acceptors (Lipinski definition) is 6. The minimum Gasteiger partial charge on any atom is -0.478 e. The van der Waals surface area contributed by atoms with Gasteiger partial charge in [0.05, 0.1) is 0 Å². The Labute approximate surface area is 107 Å². The number of carbonyl (C=O) groups is 3. The van der Waals surface area contributed by atoms with E-state index in [9.17, 15) is 19.5 Å². The second kappa shape index (κ2) is 5.61. The smallest absolute Gasteiger partial charge is 0.358 e. The molecule has 0 aliphatic carbocycles. The summed E-state index contributed by atoms with van der Waals surface area (Å²) in [5.41, 5.74) is -2.60. The van der Waals surface area contributed by atoms with Gasteiger partial charge in [0.15, 0.2) is 0 Å². The van der Waals surface area contributed by atoms with E-state index in [1.54, 1.807) is 5.32 Å². The second-order valence-corrected chi connectivity index (χ2v) is 3.66. The second-order valence-electron chi connectivity index (χ2n) is 3.35. The molecule has 8 heteroatoms. The van der Waals surface area contributed by atoms with Gasteiger partial charge >= 0.3 is 5.97 Å². The van der Waals surface area contributed by atoms with E-state index in [1.807, 2.05) is 0 Å². The van der Waals surface area contributed by atoms with E-state index in [-0.39, 0.29) is 5.56 Å². The summed E-state index contributed by atoms with van der Waals surface area (Å²) in [5.74, 6) is -4.52. The topological polar surface area (TPSA) is 117 Å². The maximum Gasteiger partial charge on any atom is 0.358 e. The molecule has 96 valence electrons. The van der Waals surface area contributed by atoms with Crippen LogP contribution in [0.2, 0.25) is 0 Å². The van der Waals surface area contributed by atoms with Crippen LogP contribution in [0, 0.1) is 0 Å². The molecule has 0 aliphatic rings. The van der Waals surface area contributed by atoms with Gasteiger partial charge in [0.2, 0.25) is 5.72 Å². The summed E-state index contributed by atoms with van der Waals surface area (Å²) in [4.78, 5) is 37.4. The number of Topliss-reactive ketones (excluding diaryl/α,β-unsaturated/α-hetero) is 1. The van der Waals surface area contributed by atoms with Crippen molar-refractivity contribution in [3.8, 4) is 0 Å². The molecule has 1 rings (SSSR count). The van der Waals surface area contributed by atoms with E-state index in [1.165, 1.54) is 18.3 Å². The van der Waals surface area contributed by atoms with Crippen LogP contribution in [0.3, 0.4) is 0 Å². The van der Waals surface area contributed by atoms with Gasteiger partial charge in [-0.05, 0) is 12.1 Å². The van der Waals surface area contributed by atoms with Gasteiger partial charge in [0.25, 0.3) is 11.7 Å². The van der Waals surface area contributed by atoms with Crippen LogP contribution in [0.4, 0.5) is 0 Å². The lowest BCUT2D eigenvalue weighted by molar-refractivity contribution is -0.161. The number of hydrogen-bond donors (Lipinski definition) is 4. The lowest BCUT2D eigenvalue weighted by Crippen LogP contribution is -2.57. The van der Waals surface area contributed by atoms with Gasteiger partial charge in [-0.25, -0.2) is 4.79 Å². The molecule has 7 nitrogen and oxygen atoms in total.